The number of carbonyl (C=O) groups is 1. The Balaban J connectivity index is 1.98. The number of aromatic carboxylic acids is 1. The number of hydrogen-bond acceptors (Lipinski definition) is 4. The maximum Gasteiger partial charge on any atom is 0.373 e. The molecule has 21 heavy (non-hydrogen) atoms. The Kier molecular flexibility index (Phi) is 3.86. The van der Waals surface area contributed by atoms with E-state index >= 15 is 0 Å². The first-order chi connectivity index (χ1) is 10.1. The van der Waals surface area contributed by atoms with E-state index < -0.39 is 5.97 Å². The summed E-state index contributed by atoms with van der Waals surface area (Å²) in [5.74, 6) is -1.36. The molecule has 1 aliphatic rings. The zero-order chi connectivity index (χ0) is 14.8. The summed E-state index contributed by atoms with van der Waals surface area (Å²) in [6.07, 6.45) is 3.83. The number of hydrogen-bond donors (Lipinski definition) is 2. The van der Waals surface area contributed by atoms with Gasteiger partial charge in [0.25, 0.3) is 0 Å². The van der Waals surface area contributed by atoms with Crippen molar-refractivity contribution in [3.63, 3.8) is 0 Å². The van der Waals surface area contributed by atoms with Crippen molar-refractivity contribution in [2.45, 2.75) is 25.4 Å². The zero-order valence-electron chi connectivity index (χ0n) is 11.2. The van der Waals surface area contributed by atoms with Crippen LogP contribution in [0.3, 0.4) is 0 Å². The van der Waals surface area contributed by atoms with Crippen LogP contribution in [-0.4, -0.2) is 27.1 Å². The van der Waals surface area contributed by atoms with Gasteiger partial charge in [0, 0.05) is 29.4 Å². The van der Waals surface area contributed by atoms with Crippen LogP contribution in [0.25, 0.3) is 11.3 Å². The molecular weight excluding hydrogens is 290 g/mol. The van der Waals surface area contributed by atoms with Crippen molar-refractivity contribution >= 4 is 17.6 Å². The smallest absolute Gasteiger partial charge is 0.373 e. The number of halogens is 1. The van der Waals surface area contributed by atoms with Crippen LogP contribution in [-0.2, 0) is 6.54 Å². The molecule has 0 saturated heterocycles. The lowest BCUT2D eigenvalue weighted by atomic mass is 10.0. The molecule has 0 aliphatic heterocycles. The Morgan fingerprint density at radius 3 is 2.90 bits per heavy atom. The van der Waals surface area contributed by atoms with Gasteiger partial charge < -0.3 is 10.4 Å². The molecule has 5 nitrogen and oxygen atoms in total. The second kappa shape index (κ2) is 5.79. The van der Waals surface area contributed by atoms with Gasteiger partial charge in [0.15, 0.2) is 0 Å². The average Bonchev–Trinajstić information content (AvgIpc) is 3.30. The van der Waals surface area contributed by atoms with Gasteiger partial charge in [0.05, 0.1) is 5.69 Å². The Hall–Kier alpha value is -1.98. The minimum Gasteiger partial charge on any atom is -0.475 e. The third kappa shape index (κ3) is 3.20. The molecule has 0 radical (unpaired) electrons. The molecule has 1 aliphatic carbocycles. The summed E-state index contributed by atoms with van der Waals surface area (Å²) in [5, 5.41) is 13.1. The van der Waals surface area contributed by atoms with Gasteiger partial charge in [0.1, 0.15) is 0 Å². The molecule has 0 unspecified atom stereocenters. The number of nitrogens with one attached hydrogen (secondary N) is 1. The minimum absolute atomic E-state index is 0.214. The van der Waals surface area contributed by atoms with Crippen LogP contribution in [0.5, 0.6) is 0 Å². The van der Waals surface area contributed by atoms with Crippen LogP contribution < -0.4 is 5.32 Å². The second-order valence-electron chi connectivity index (χ2n) is 4.99. The average molecular weight is 304 g/mol. The largest absolute Gasteiger partial charge is 0.475 e. The summed E-state index contributed by atoms with van der Waals surface area (Å²) in [6, 6.07) is 7.81. The summed E-state index contributed by atoms with van der Waals surface area (Å²) in [7, 11) is 0. The highest BCUT2D eigenvalue weighted by Gasteiger charge is 2.21. The minimum atomic E-state index is -1.14. The molecule has 2 aromatic rings. The number of carboxylic acids is 1. The van der Waals surface area contributed by atoms with Crippen molar-refractivity contribution in [3.05, 3.63) is 46.9 Å². The quantitative estimate of drug-likeness (QED) is 0.888. The van der Waals surface area contributed by atoms with Crippen molar-refractivity contribution in [2.24, 2.45) is 0 Å². The number of aromatic nitrogens is 2. The maximum atomic E-state index is 11.0. The van der Waals surface area contributed by atoms with Crippen molar-refractivity contribution in [1.29, 1.82) is 0 Å². The van der Waals surface area contributed by atoms with E-state index in [0.29, 0.717) is 23.3 Å². The third-order valence-corrected chi connectivity index (χ3v) is 3.74. The van der Waals surface area contributed by atoms with E-state index in [9.17, 15) is 4.79 Å². The number of benzene rings is 1. The molecular formula is C15H14ClN3O2. The molecule has 6 heteroatoms. The number of nitrogens with zero attached hydrogens (tertiary/aromatic N) is 2. The van der Waals surface area contributed by atoms with Gasteiger partial charge in [-0.3, -0.25) is 0 Å². The van der Waals surface area contributed by atoms with Gasteiger partial charge in [-0.2, -0.15) is 0 Å². The lowest BCUT2D eigenvalue weighted by molar-refractivity contribution is 0.0683. The van der Waals surface area contributed by atoms with Gasteiger partial charge in [-0.1, -0.05) is 23.7 Å². The number of rotatable bonds is 5. The highest BCUT2D eigenvalue weighted by molar-refractivity contribution is 6.31. The summed E-state index contributed by atoms with van der Waals surface area (Å²) in [6.45, 7) is 0.645. The monoisotopic (exact) mass is 303 g/mol. The summed E-state index contributed by atoms with van der Waals surface area (Å²) in [5.41, 5.74) is 2.33. The van der Waals surface area contributed by atoms with Crippen LogP contribution >= 0.6 is 11.6 Å². The van der Waals surface area contributed by atoms with Gasteiger partial charge in [0.2, 0.25) is 5.82 Å². The van der Waals surface area contributed by atoms with Crippen LogP contribution in [0.1, 0.15) is 29.0 Å². The van der Waals surface area contributed by atoms with E-state index in [1.807, 2.05) is 18.2 Å². The first-order valence-corrected chi connectivity index (χ1v) is 7.10. The molecule has 0 amide bonds. The van der Waals surface area contributed by atoms with Gasteiger partial charge >= 0.3 is 5.97 Å². The fourth-order valence-corrected chi connectivity index (χ4v) is 2.37. The van der Waals surface area contributed by atoms with E-state index in [-0.39, 0.29) is 5.82 Å². The molecule has 1 aromatic carbocycles. The van der Waals surface area contributed by atoms with E-state index in [1.165, 1.54) is 19.0 Å². The highest BCUT2D eigenvalue weighted by atomic mass is 35.5. The van der Waals surface area contributed by atoms with E-state index in [0.717, 1.165) is 11.1 Å². The van der Waals surface area contributed by atoms with E-state index in [4.69, 9.17) is 16.7 Å². The standard InChI is InChI=1S/C15H14ClN3O2/c16-12-3-1-2-10(11(12)8-18-9-4-5-9)13-6-7-17-14(19-13)15(20)21/h1-3,6-7,9,18H,4-5,8H2,(H,20,21). The van der Waals surface area contributed by atoms with E-state index in [1.54, 1.807) is 6.07 Å². The Morgan fingerprint density at radius 1 is 1.38 bits per heavy atom. The molecule has 0 spiro atoms. The first kappa shape index (κ1) is 14.0. The van der Waals surface area contributed by atoms with Gasteiger partial charge in [-0.25, -0.2) is 14.8 Å². The SMILES string of the molecule is O=C(O)c1nccc(-c2cccc(Cl)c2CNC2CC2)n1. The van der Waals surface area contributed by atoms with Crippen LogP contribution in [0, 0.1) is 0 Å². The van der Waals surface area contributed by atoms with Crippen molar-refractivity contribution < 1.29 is 9.90 Å². The molecule has 108 valence electrons. The van der Waals surface area contributed by atoms with Crippen LogP contribution in [0.4, 0.5) is 0 Å². The van der Waals surface area contributed by atoms with Crippen LogP contribution in [0.2, 0.25) is 5.02 Å². The highest BCUT2D eigenvalue weighted by Crippen LogP contribution is 2.29. The molecule has 2 N–H and O–H groups in total. The zero-order valence-corrected chi connectivity index (χ0v) is 12.0. The Labute approximate surface area is 127 Å². The normalized spacial score (nSPS) is 14.1. The fraction of sp³-hybridized carbons (Fsp3) is 0.267. The van der Waals surface area contributed by atoms with Crippen molar-refractivity contribution in [3.8, 4) is 11.3 Å². The molecule has 1 fully saturated rings. The lowest BCUT2D eigenvalue weighted by Crippen LogP contribution is -2.16. The molecule has 1 aromatic heterocycles. The number of carboxylic acid groups (broad SMARTS) is 1. The van der Waals surface area contributed by atoms with Gasteiger partial charge in [-0.15, -0.1) is 0 Å². The molecule has 3 rings (SSSR count). The summed E-state index contributed by atoms with van der Waals surface area (Å²) in [4.78, 5) is 18.8. The molecule has 0 atom stereocenters. The molecule has 1 heterocycles. The summed E-state index contributed by atoms with van der Waals surface area (Å²) < 4.78 is 0. The fourth-order valence-electron chi connectivity index (χ4n) is 2.12. The Bertz CT molecular complexity index is 686. The molecule has 0 bridgehead atoms. The Morgan fingerprint density at radius 2 is 2.19 bits per heavy atom. The predicted octanol–water partition coefficient (Wildman–Crippen LogP) is 2.75. The van der Waals surface area contributed by atoms with Crippen LogP contribution in [0.15, 0.2) is 30.5 Å². The van der Waals surface area contributed by atoms with E-state index in [2.05, 4.69) is 15.3 Å². The first-order valence-electron chi connectivity index (χ1n) is 6.72. The topological polar surface area (TPSA) is 75.1 Å². The van der Waals surface area contributed by atoms with Crippen molar-refractivity contribution in [2.75, 3.05) is 0 Å². The lowest BCUT2D eigenvalue weighted by Gasteiger charge is -2.12. The summed E-state index contributed by atoms with van der Waals surface area (Å²) >= 11 is 6.29. The third-order valence-electron chi connectivity index (χ3n) is 3.39. The maximum absolute atomic E-state index is 11.0. The molecule has 1 saturated carbocycles. The second-order valence-corrected chi connectivity index (χ2v) is 5.40. The predicted molar refractivity (Wildman–Crippen MR) is 79.3 cm³/mol. The van der Waals surface area contributed by atoms with Crippen molar-refractivity contribution in [1.82, 2.24) is 15.3 Å². The van der Waals surface area contributed by atoms with Gasteiger partial charge in [-0.05, 0) is 30.5 Å².